The SMILES string of the molecule is O=C(NC(=S)Nc1ccc(Cl)cc1[N+](=O)[O-])c1cccc(I)c1. The molecule has 2 aromatic rings. The first-order chi connectivity index (χ1) is 10.9. The number of carbonyl (C=O) groups excluding carboxylic acids is 1. The molecule has 2 aromatic carbocycles. The summed E-state index contributed by atoms with van der Waals surface area (Å²) in [7, 11) is 0. The molecule has 1 amide bonds. The van der Waals surface area contributed by atoms with Crippen LogP contribution < -0.4 is 10.6 Å². The number of thiocarbonyl (C=S) groups is 1. The summed E-state index contributed by atoms with van der Waals surface area (Å²) >= 11 is 12.9. The highest BCUT2D eigenvalue weighted by Crippen LogP contribution is 2.27. The molecule has 0 fully saturated rings. The lowest BCUT2D eigenvalue weighted by atomic mass is 10.2. The van der Waals surface area contributed by atoms with Crippen molar-refractivity contribution in [3.8, 4) is 0 Å². The molecular weight excluding hydrogens is 453 g/mol. The van der Waals surface area contributed by atoms with Crippen LogP contribution in [0.25, 0.3) is 0 Å². The van der Waals surface area contributed by atoms with Gasteiger partial charge in [0.2, 0.25) is 0 Å². The number of nitrogens with one attached hydrogen (secondary N) is 2. The number of anilines is 1. The third-order valence-corrected chi connectivity index (χ3v) is 3.83. The number of halogens is 2. The maximum absolute atomic E-state index is 12.1. The first-order valence-corrected chi connectivity index (χ1v) is 8.05. The van der Waals surface area contributed by atoms with E-state index in [0.29, 0.717) is 5.56 Å². The summed E-state index contributed by atoms with van der Waals surface area (Å²) in [6, 6.07) is 11.1. The Morgan fingerprint density at radius 3 is 2.65 bits per heavy atom. The zero-order valence-electron chi connectivity index (χ0n) is 11.4. The number of nitro benzene ring substituents is 1. The lowest BCUT2D eigenvalue weighted by molar-refractivity contribution is -0.383. The fourth-order valence-corrected chi connectivity index (χ4v) is 2.63. The van der Waals surface area contributed by atoms with Gasteiger partial charge in [-0.2, -0.15) is 0 Å². The summed E-state index contributed by atoms with van der Waals surface area (Å²) in [5.74, 6) is -0.405. The maximum atomic E-state index is 12.1. The molecule has 0 aliphatic heterocycles. The van der Waals surface area contributed by atoms with Gasteiger partial charge in [-0.05, 0) is 65.1 Å². The molecule has 9 heteroatoms. The van der Waals surface area contributed by atoms with Crippen molar-refractivity contribution in [2.45, 2.75) is 0 Å². The third-order valence-electron chi connectivity index (χ3n) is 2.72. The van der Waals surface area contributed by atoms with E-state index in [1.165, 1.54) is 18.2 Å². The molecule has 0 unspecified atom stereocenters. The van der Waals surface area contributed by atoms with E-state index in [2.05, 4.69) is 33.2 Å². The molecule has 0 saturated carbocycles. The smallest absolute Gasteiger partial charge is 0.294 e. The van der Waals surface area contributed by atoms with E-state index in [0.717, 1.165) is 3.57 Å². The second-order valence-electron chi connectivity index (χ2n) is 4.34. The van der Waals surface area contributed by atoms with Gasteiger partial charge in [0.15, 0.2) is 5.11 Å². The Kier molecular flexibility index (Phi) is 5.85. The minimum Gasteiger partial charge on any atom is -0.327 e. The Balaban J connectivity index is 2.11. The molecule has 2 rings (SSSR count). The van der Waals surface area contributed by atoms with Gasteiger partial charge in [-0.25, -0.2) is 0 Å². The average molecular weight is 462 g/mol. The van der Waals surface area contributed by atoms with Crippen LogP contribution in [0.15, 0.2) is 42.5 Å². The normalized spacial score (nSPS) is 10.0. The third kappa shape index (κ3) is 4.85. The monoisotopic (exact) mass is 461 g/mol. The molecule has 0 bridgehead atoms. The molecule has 0 radical (unpaired) electrons. The number of hydrogen-bond donors (Lipinski definition) is 2. The van der Waals surface area contributed by atoms with Gasteiger partial charge in [-0.3, -0.25) is 20.2 Å². The summed E-state index contributed by atoms with van der Waals surface area (Å²) in [5, 5.41) is 16.3. The van der Waals surface area contributed by atoms with Crippen LogP contribution in [0.1, 0.15) is 10.4 Å². The average Bonchev–Trinajstić information content (AvgIpc) is 2.48. The lowest BCUT2D eigenvalue weighted by Gasteiger charge is -2.10. The van der Waals surface area contributed by atoms with Crippen LogP contribution in [-0.4, -0.2) is 15.9 Å². The van der Waals surface area contributed by atoms with Gasteiger partial charge < -0.3 is 5.32 Å². The molecule has 2 N–H and O–H groups in total. The highest BCUT2D eigenvalue weighted by Gasteiger charge is 2.16. The Bertz CT molecular complexity index is 801. The van der Waals surface area contributed by atoms with E-state index in [1.807, 2.05) is 6.07 Å². The fourth-order valence-electron chi connectivity index (χ4n) is 1.72. The van der Waals surface area contributed by atoms with Gasteiger partial charge in [-0.15, -0.1) is 0 Å². The minimum absolute atomic E-state index is 0.0423. The molecule has 0 spiro atoms. The van der Waals surface area contributed by atoms with Crippen molar-refractivity contribution in [1.82, 2.24) is 5.32 Å². The van der Waals surface area contributed by atoms with Crippen molar-refractivity contribution >= 4 is 68.8 Å². The molecule has 0 atom stereocenters. The van der Waals surface area contributed by atoms with E-state index < -0.39 is 10.8 Å². The summed E-state index contributed by atoms with van der Waals surface area (Å²) < 4.78 is 0.905. The standard InChI is InChI=1S/C14H9ClIN3O3S/c15-9-4-5-11(12(7-9)19(21)22)17-14(23)18-13(20)8-2-1-3-10(16)6-8/h1-7H,(H2,17,18,20,23). The van der Waals surface area contributed by atoms with E-state index in [9.17, 15) is 14.9 Å². The number of amides is 1. The van der Waals surface area contributed by atoms with Crippen LogP contribution in [0, 0.1) is 13.7 Å². The van der Waals surface area contributed by atoms with Crippen LogP contribution in [0.5, 0.6) is 0 Å². The number of nitrogens with zero attached hydrogens (tertiary/aromatic N) is 1. The first-order valence-electron chi connectivity index (χ1n) is 6.18. The second-order valence-corrected chi connectivity index (χ2v) is 6.43. The highest BCUT2D eigenvalue weighted by atomic mass is 127. The van der Waals surface area contributed by atoms with Gasteiger partial charge in [0.25, 0.3) is 11.6 Å². The Hall–Kier alpha value is -1.78. The molecule has 0 aliphatic rings. The van der Waals surface area contributed by atoms with Crippen molar-refractivity contribution in [1.29, 1.82) is 0 Å². The number of carbonyl (C=O) groups is 1. The largest absolute Gasteiger partial charge is 0.327 e. The van der Waals surface area contributed by atoms with Gasteiger partial charge >= 0.3 is 0 Å². The van der Waals surface area contributed by atoms with Gasteiger partial charge in [-0.1, -0.05) is 17.7 Å². The predicted molar refractivity (Wildman–Crippen MR) is 101 cm³/mol. The predicted octanol–water partition coefficient (Wildman–Crippen LogP) is 3.98. The van der Waals surface area contributed by atoms with Crippen molar-refractivity contribution in [3.05, 3.63) is 66.7 Å². The zero-order chi connectivity index (χ0) is 17.0. The van der Waals surface area contributed by atoms with Crippen LogP contribution in [-0.2, 0) is 0 Å². The summed E-state index contributed by atoms with van der Waals surface area (Å²) in [6.45, 7) is 0. The Labute approximate surface area is 155 Å². The Morgan fingerprint density at radius 2 is 2.00 bits per heavy atom. The van der Waals surface area contributed by atoms with Crippen molar-refractivity contribution in [2.24, 2.45) is 0 Å². The summed E-state index contributed by atoms with van der Waals surface area (Å²) in [6.07, 6.45) is 0. The molecule has 118 valence electrons. The molecular formula is C14H9ClIN3O3S. The van der Waals surface area contributed by atoms with E-state index in [4.69, 9.17) is 23.8 Å². The van der Waals surface area contributed by atoms with Crippen LogP contribution in [0.4, 0.5) is 11.4 Å². The molecule has 0 aliphatic carbocycles. The molecule has 0 heterocycles. The number of hydrogen-bond acceptors (Lipinski definition) is 4. The van der Waals surface area contributed by atoms with Crippen LogP contribution >= 0.6 is 46.4 Å². The number of nitro groups is 1. The van der Waals surface area contributed by atoms with Gasteiger partial charge in [0.1, 0.15) is 5.69 Å². The van der Waals surface area contributed by atoms with Crippen molar-refractivity contribution in [2.75, 3.05) is 5.32 Å². The second kappa shape index (κ2) is 7.66. The van der Waals surface area contributed by atoms with E-state index in [-0.39, 0.29) is 21.5 Å². The molecule has 0 saturated heterocycles. The lowest BCUT2D eigenvalue weighted by Crippen LogP contribution is -2.34. The van der Waals surface area contributed by atoms with Gasteiger partial charge in [0.05, 0.1) is 4.92 Å². The van der Waals surface area contributed by atoms with Crippen molar-refractivity contribution in [3.63, 3.8) is 0 Å². The molecule has 23 heavy (non-hydrogen) atoms. The van der Waals surface area contributed by atoms with Gasteiger partial charge in [0, 0.05) is 20.2 Å². The van der Waals surface area contributed by atoms with E-state index >= 15 is 0 Å². The fraction of sp³-hybridized carbons (Fsp3) is 0. The number of benzene rings is 2. The molecule has 6 nitrogen and oxygen atoms in total. The minimum atomic E-state index is -0.585. The summed E-state index contributed by atoms with van der Waals surface area (Å²) in [4.78, 5) is 22.5. The first kappa shape index (κ1) is 17.6. The summed E-state index contributed by atoms with van der Waals surface area (Å²) in [5.41, 5.74) is 0.349. The maximum Gasteiger partial charge on any atom is 0.294 e. The van der Waals surface area contributed by atoms with Crippen LogP contribution in [0.3, 0.4) is 0 Å². The van der Waals surface area contributed by atoms with Crippen molar-refractivity contribution < 1.29 is 9.72 Å². The molecule has 0 aromatic heterocycles. The van der Waals surface area contributed by atoms with E-state index in [1.54, 1.807) is 18.2 Å². The topological polar surface area (TPSA) is 84.3 Å². The van der Waals surface area contributed by atoms with Crippen LogP contribution in [0.2, 0.25) is 5.02 Å². The Morgan fingerprint density at radius 1 is 1.26 bits per heavy atom. The zero-order valence-corrected chi connectivity index (χ0v) is 15.1. The number of rotatable bonds is 3. The highest BCUT2D eigenvalue weighted by molar-refractivity contribution is 14.1. The quantitative estimate of drug-likeness (QED) is 0.313.